The van der Waals surface area contributed by atoms with E-state index in [-0.39, 0.29) is 5.84 Å². The molecule has 0 atom stereocenters. The van der Waals surface area contributed by atoms with Crippen LogP contribution >= 0.6 is 15.9 Å². The van der Waals surface area contributed by atoms with Gasteiger partial charge in [-0.05, 0) is 28.1 Å². The number of aromatic nitrogens is 3. The van der Waals surface area contributed by atoms with Crippen LogP contribution in [0.15, 0.2) is 29.0 Å². The molecule has 2 heterocycles. The van der Waals surface area contributed by atoms with Gasteiger partial charge in [-0.1, -0.05) is 6.07 Å². The Morgan fingerprint density at radius 3 is 3.00 bits per heavy atom. The third kappa shape index (κ3) is 2.10. The molecule has 0 saturated carbocycles. The summed E-state index contributed by atoms with van der Waals surface area (Å²) in [5.41, 5.74) is 7.38. The standard InChI is InChI=1S/C12H13BrN6/c13-8-2-1-3-9(11(8)12(14)15)18-4-5-19-7-16-17-10(19)6-18/h1-3,7H,4-6H2,(H3,14,15). The van der Waals surface area contributed by atoms with Crippen molar-refractivity contribution in [1.29, 1.82) is 5.41 Å². The summed E-state index contributed by atoms with van der Waals surface area (Å²) in [4.78, 5) is 2.17. The van der Waals surface area contributed by atoms with Gasteiger partial charge in [0.2, 0.25) is 0 Å². The SMILES string of the molecule is N=C(N)c1c(Br)cccc1N1CCn2cnnc2C1. The van der Waals surface area contributed by atoms with Crippen molar-refractivity contribution in [3.63, 3.8) is 0 Å². The molecular weight excluding hydrogens is 308 g/mol. The molecule has 1 aromatic carbocycles. The number of anilines is 1. The van der Waals surface area contributed by atoms with E-state index >= 15 is 0 Å². The summed E-state index contributed by atoms with van der Waals surface area (Å²) in [6, 6.07) is 5.82. The molecule has 0 saturated heterocycles. The smallest absolute Gasteiger partial charge is 0.152 e. The molecule has 0 fully saturated rings. The highest BCUT2D eigenvalue weighted by Gasteiger charge is 2.21. The second-order valence-electron chi connectivity index (χ2n) is 4.41. The number of amidine groups is 1. The van der Waals surface area contributed by atoms with E-state index < -0.39 is 0 Å². The van der Waals surface area contributed by atoms with E-state index in [1.165, 1.54) is 0 Å². The number of hydrogen-bond acceptors (Lipinski definition) is 4. The summed E-state index contributed by atoms with van der Waals surface area (Å²) in [6.45, 7) is 2.37. The highest BCUT2D eigenvalue weighted by molar-refractivity contribution is 9.10. The van der Waals surface area contributed by atoms with E-state index in [9.17, 15) is 0 Å². The lowest BCUT2D eigenvalue weighted by molar-refractivity contribution is 0.560. The normalized spacial score (nSPS) is 14.3. The highest BCUT2D eigenvalue weighted by atomic mass is 79.9. The Labute approximate surface area is 118 Å². The number of nitrogens with one attached hydrogen (secondary N) is 1. The number of fused-ring (bicyclic) bond motifs is 1. The van der Waals surface area contributed by atoms with Crippen molar-refractivity contribution in [3.8, 4) is 0 Å². The Morgan fingerprint density at radius 1 is 1.37 bits per heavy atom. The van der Waals surface area contributed by atoms with Crippen LogP contribution in [0.4, 0.5) is 5.69 Å². The Kier molecular flexibility index (Phi) is 2.98. The van der Waals surface area contributed by atoms with E-state index in [1.54, 1.807) is 6.33 Å². The van der Waals surface area contributed by atoms with Gasteiger partial charge in [0.1, 0.15) is 12.2 Å². The van der Waals surface area contributed by atoms with Gasteiger partial charge in [0.25, 0.3) is 0 Å². The molecule has 0 amide bonds. The molecule has 3 rings (SSSR count). The van der Waals surface area contributed by atoms with Crippen LogP contribution in [0.1, 0.15) is 11.4 Å². The fraction of sp³-hybridized carbons (Fsp3) is 0.250. The predicted octanol–water partition coefficient (Wildman–Crippen LogP) is 1.34. The van der Waals surface area contributed by atoms with Crippen LogP contribution in [-0.2, 0) is 13.1 Å². The van der Waals surface area contributed by atoms with Crippen LogP contribution in [0.25, 0.3) is 0 Å². The molecule has 0 bridgehead atoms. The van der Waals surface area contributed by atoms with E-state index in [4.69, 9.17) is 11.1 Å². The van der Waals surface area contributed by atoms with Crippen LogP contribution in [0.3, 0.4) is 0 Å². The minimum atomic E-state index is 0.0644. The number of nitrogens with two attached hydrogens (primary N) is 1. The number of rotatable bonds is 2. The Balaban J connectivity index is 2.00. The van der Waals surface area contributed by atoms with Gasteiger partial charge >= 0.3 is 0 Å². The van der Waals surface area contributed by atoms with Crippen molar-refractivity contribution in [3.05, 3.63) is 40.4 Å². The van der Waals surface area contributed by atoms with Gasteiger partial charge in [0.15, 0.2) is 5.82 Å². The van der Waals surface area contributed by atoms with Crippen molar-refractivity contribution in [2.45, 2.75) is 13.1 Å². The number of halogens is 1. The van der Waals surface area contributed by atoms with Crippen molar-refractivity contribution in [2.24, 2.45) is 5.73 Å². The number of nitrogen functional groups attached to an aromatic ring is 1. The van der Waals surface area contributed by atoms with Gasteiger partial charge in [-0.15, -0.1) is 10.2 Å². The van der Waals surface area contributed by atoms with Crippen molar-refractivity contribution in [2.75, 3.05) is 11.4 Å². The minimum absolute atomic E-state index is 0.0644. The third-order valence-corrected chi connectivity index (χ3v) is 3.90. The molecule has 1 aliphatic rings. The summed E-state index contributed by atoms with van der Waals surface area (Å²) in [5.74, 6) is 0.996. The maximum absolute atomic E-state index is 7.74. The van der Waals surface area contributed by atoms with Gasteiger partial charge in [-0.25, -0.2) is 0 Å². The third-order valence-electron chi connectivity index (χ3n) is 3.24. The zero-order chi connectivity index (χ0) is 13.4. The molecule has 0 unspecified atom stereocenters. The molecule has 6 nitrogen and oxygen atoms in total. The molecule has 0 aliphatic carbocycles. The first-order valence-electron chi connectivity index (χ1n) is 5.91. The highest BCUT2D eigenvalue weighted by Crippen LogP contribution is 2.29. The number of benzene rings is 1. The lowest BCUT2D eigenvalue weighted by Gasteiger charge is -2.30. The summed E-state index contributed by atoms with van der Waals surface area (Å²) >= 11 is 3.46. The maximum atomic E-state index is 7.74. The van der Waals surface area contributed by atoms with Gasteiger partial charge in [0, 0.05) is 23.2 Å². The summed E-state index contributed by atoms with van der Waals surface area (Å²) in [6.07, 6.45) is 1.75. The van der Waals surface area contributed by atoms with Gasteiger partial charge in [-0.3, -0.25) is 5.41 Å². The van der Waals surface area contributed by atoms with Gasteiger partial charge < -0.3 is 15.2 Å². The van der Waals surface area contributed by atoms with Crippen LogP contribution in [0.2, 0.25) is 0 Å². The Morgan fingerprint density at radius 2 is 2.21 bits per heavy atom. The van der Waals surface area contributed by atoms with Crippen LogP contribution in [-0.4, -0.2) is 27.1 Å². The topological polar surface area (TPSA) is 83.8 Å². The fourth-order valence-corrected chi connectivity index (χ4v) is 2.88. The lowest BCUT2D eigenvalue weighted by atomic mass is 10.1. The number of nitrogens with zero attached hydrogens (tertiary/aromatic N) is 4. The molecule has 98 valence electrons. The first kappa shape index (κ1) is 12.2. The second-order valence-corrected chi connectivity index (χ2v) is 5.26. The zero-order valence-electron chi connectivity index (χ0n) is 10.2. The van der Waals surface area contributed by atoms with E-state index in [1.807, 2.05) is 22.8 Å². The predicted molar refractivity (Wildman–Crippen MR) is 76.2 cm³/mol. The second kappa shape index (κ2) is 4.65. The van der Waals surface area contributed by atoms with E-state index in [0.717, 1.165) is 34.6 Å². The first-order chi connectivity index (χ1) is 9.16. The van der Waals surface area contributed by atoms with Gasteiger partial charge in [0.05, 0.1) is 12.1 Å². The van der Waals surface area contributed by atoms with Crippen LogP contribution < -0.4 is 10.6 Å². The molecule has 1 aromatic heterocycles. The Hall–Kier alpha value is -1.89. The molecular formula is C12H13BrN6. The molecule has 0 spiro atoms. The first-order valence-corrected chi connectivity index (χ1v) is 6.70. The average Bonchev–Trinajstić information content (AvgIpc) is 2.85. The molecule has 2 aromatic rings. The molecule has 3 N–H and O–H groups in total. The summed E-state index contributed by atoms with van der Waals surface area (Å²) in [7, 11) is 0. The van der Waals surface area contributed by atoms with Crippen molar-refractivity contribution < 1.29 is 0 Å². The van der Waals surface area contributed by atoms with Crippen LogP contribution in [0.5, 0.6) is 0 Å². The molecule has 0 radical (unpaired) electrons. The lowest BCUT2D eigenvalue weighted by Crippen LogP contribution is -2.35. The van der Waals surface area contributed by atoms with Crippen molar-refractivity contribution >= 4 is 27.5 Å². The monoisotopic (exact) mass is 320 g/mol. The number of hydrogen-bond donors (Lipinski definition) is 2. The summed E-state index contributed by atoms with van der Waals surface area (Å²) < 4.78 is 2.88. The maximum Gasteiger partial charge on any atom is 0.152 e. The molecule has 7 heteroatoms. The van der Waals surface area contributed by atoms with E-state index in [2.05, 4.69) is 31.0 Å². The summed E-state index contributed by atoms with van der Waals surface area (Å²) in [5, 5.41) is 15.8. The Bertz CT molecular complexity index is 635. The quantitative estimate of drug-likeness (QED) is 0.646. The zero-order valence-corrected chi connectivity index (χ0v) is 11.8. The van der Waals surface area contributed by atoms with Crippen molar-refractivity contribution in [1.82, 2.24) is 14.8 Å². The van der Waals surface area contributed by atoms with Crippen LogP contribution in [0, 0.1) is 5.41 Å². The molecule has 1 aliphatic heterocycles. The fourth-order valence-electron chi connectivity index (χ4n) is 2.31. The van der Waals surface area contributed by atoms with Gasteiger partial charge in [-0.2, -0.15) is 0 Å². The minimum Gasteiger partial charge on any atom is -0.384 e. The van der Waals surface area contributed by atoms with E-state index in [0.29, 0.717) is 6.54 Å². The molecule has 19 heavy (non-hydrogen) atoms. The average molecular weight is 321 g/mol. The largest absolute Gasteiger partial charge is 0.384 e.